The molecule has 0 spiro atoms. The van der Waals surface area contributed by atoms with Crippen LogP contribution in [0.15, 0.2) is 0 Å². The van der Waals surface area contributed by atoms with Crippen molar-refractivity contribution in [2.24, 2.45) is 0 Å². The van der Waals surface area contributed by atoms with Crippen LogP contribution in [0, 0.1) is 0 Å². The highest BCUT2D eigenvalue weighted by atomic mass is 16.5. The molecule has 2 atom stereocenters. The molecule has 0 aromatic carbocycles. The summed E-state index contributed by atoms with van der Waals surface area (Å²) in [6.45, 7) is 5.59. The Morgan fingerprint density at radius 2 is 1.95 bits per heavy atom. The van der Waals surface area contributed by atoms with Crippen molar-refractivity contribution >= 4 is 11.9 Å². The van der Waals surface area contributed by atoms with Crippen LogP contribution in [0.1, 0.15) is 26.7 Å². The molecule has 7 heteroatoms. The molecule has 1 rings (SSSR count). The van der Waals surface area contributed by atoms with Crippen molar-refractivity contribution in [1.82, 2.24) is 9.80 Å². The van der Waals surface area contributed by atoms with Gasteiger partial charge in [0.2, 0.25) is 0 Å². The van der Waals surface area contributed by atoms with Crippen LogP contribution in [-0.4, -0.2) is 80.3 Å². The monoisotopic (exact) mass is 315 g/mol. The summed E-state index contributed by atoms with van der Waals surface area (Å²) in [5.74, 6) is -0.574. The Labute approximate surface area is 132 Å². The van der Waals surface area contributed by atoms with Gasteiger partial charge in [-0.2, -0.15) is 0 Å². The smallest absolute Gasteiger partial charge is 0.323 e. The summed E-state index contributed by atoms with van der Waals surface area (Å²) in [6.07, 6.45) is 0.758. The molecule has 0 N–H and O–H groups in total. The van der Waals surface area contributed by atoms with Crippen molar-refractivity contribution in [1.29, 1.82) is 0 Å². The zero-order valence-corrected chi connectivity index (χ0v) is 13.7. The standard InChI is InChI=1S/C15H27N2O5/c1-4-21-14(19)11-16(3)9-12(18)10-17-8-6-7-13(17)15(20)22-5-2/h12-13H,4-11H2,1-3H3. The van der Waals surface area contributed by atoms with E-state index in [0.717, 1.165) is 19.4 Å². The van der Waals surface area contributed by atoms with Gasteiger partial charge in [-0.3, -0.25) is 19.4 Å². The van der Waals surface area contributed by atoms with Gasteiger partial charge in [-0.1, -0.05) is 0 Å². The number of hydrogen-bond acceptors (Lipinski definition) is 6. The Morgan fingerprint density at radius 3 is 2.59 bits per heavy atom. The van der Waals surface area contributed by atoms with Crippen LogP contribution in [0.3, 0.4) is 0 Å². The number of nitrogens with zero attached hydrogens (tertiary/aromatic N) is 2. The van der Waals surface area contributed by atoms with E-state index in [0.29, 0.717) is 13.2 Å². The van der Waals surface area contributed by atoms with Gasteiger partial charge >= 0.3 is 11.9 Å². The number of likely N-dealkylation sites (N-methyl/N-ethyl adjacent to an activating group) is 1. The highest BCUT2D eigenvalue weighted by Crippen LogP contribution is 2.19. The van der Waals surface area contributed by atoms with E-state index in [-0.39, 0.29) is 37.6 Å². The van der Waals surface area contributed by atoms with E-state index >= 15 is 0 Å². The second-order valence-electron chi connectivity index (χ2n) is 5.53. The number of esters is 2. The van der Waals surface area contributed by atoms with Crippen molar-refractivity contribution < 1.29 is 24.2 Å². The lowest BCUT2D eigenvalue weighted by atomic mass is 10.2. The summed E-state index contributed by atoms with van der Waals surface area (Å²) in [5, 5.41) is 12.2. The molecule has 0 amide bonds. The van der Waals surface area contributed by atoms with E-state index in [4.69, 9.17) is 9.47 Å². The summed E-state index contributed by atoms with van der Waals surface area (Å²) in [5.41, 5.74) is 0. The van der Waals surface area contributed by atoms with Crippen LogP contribution >= 0.6 is 0 Å². The van der Waals surface area contributed by atoms with Crippen molar-refractivity contribution in [3.8, 4) is 0 Å². The van der Waals surface area contributed by atoms with Crippen molar-refractivity contribution in [3.05, 3.63) is 0 Å². The van der Waals surface area contributed by atoms with E-state index in [1.54, 1.807) is 25.8 Å². The lowest BCUT2D eigenvalue weighted by molar-refractivity contribution is -0.149. The quantitative estimate of drug-likeness (QED) is 0.570. The first kappa shape index (κ1) is 18.9. The van der Waals surface area contributed by atoms with Gasteiger partial charge in [-0.05, 0) is 40.3 Å². The number of hydrogen-bond donors (Lipinski definition) is 0. The molecule has 1 saturated heterocycles. The first-order chi connectivity index (χ1) is 10.5. The second-order valence-corrected chi connectivity index (χ2v) is 5.53. The van der Waals surface area contributed by atoms with Crippen molar-refractivity contribution in [3.63, 3.8) is 0 Å². The zero-order chi connectivity index (χ0) is 16.5. The molecule has 1 heterocycles. The highest BCUT2D eigenvalue weighted by molar-refractivity contribution is 5.76. The third-order valence-corrected chi connectivity index (χ3v) is 3.58. The number of rotatable bonds is 9. The van der Waals surface area contributed by atoms with Crippen LogP contribution < -0.4 is 0 Å². The summed E-state index contributed by atoms with van der Waals surface area (Å²) in [7, 11) is 1.72. The molecule has 0 bridgehead atoms. The first-order valence-corrected chi connectivity index (χ1v) is 7.88. The third kappa shape index (κ3) is 6.29. The fourth-order valence-corrected chi connectivity index (χ4v) is 2.71. The van der Waals surface area contributed by atoms with Gasteiger partial charge in [-0.15, -0.1) is 0 Å². The van der Waals surface area contributed by atoms with Crippen LogP contribution in [0.25, 0.3) is 0 Å². The van der Waals surface area contributed by atoms with Gasteiger partial charge in [-0.25, -0.2) is 5.11 Å². The fourth-order valence-electron chi connectivity index (χ4n) is 2.71. The maximum absolute atomic E-state index is 12.2. The van der Waals surface area contributed by atoms with Crippen molar-refractivity contribution in [2.75, 3.05) is 46.4 Å². The maximum Gasteiger partial charge on any atom is 0.323 e. The zero-order valence-electron chi connectivity index (χ0n) is 13.7. The van der Waals surface area contributed by atoms with Crippen LogP contribution in [0.5, 0.6) is 0 Å². The summed E-state index contributed by atoms with van der Waals surface area (Å²) >= 11 is 0. The average Bonchev–Trinajstić information content (AvgIpc) is 2.86. The van der Waals surface area contributed by atoms with Gasteiger partial charge in [0.15, 0.2) is 0 Å². The Bertz CT molecular complexity index is 364. The van der Waals surface area contributed by atoms with Crippen molar-refractivity contribution in [2.45, 2.75) is 38.8 Å². The molecular formula is C15H27N2O5. The largest absolute Gasteiger partial charge is 0.465 e. The maximum atomic E-state index is 12.2. The summed E-state index contributed by atoms with van der Waals surface area (Å²) in [6, 6.07) is -0.299. The molecule has 1 aliphatic rings. The SMILES string of the molecule is CCOC(=O)CN(C)CC([O])CN1CCCC1C(=O)OCC. The fraction of sp³-hybridized carbons (Fsp3) is 0.867. The molecule has 0 aliphatic carbocycles. The Hall–Kier alpha value is -1.18. The second kappa shape index (κ2) is 9.76. The molecular weight excluding hydrogens is 288 g/mol. The molecule has 2 unspecified atom stereocenters. The number of likely N-dealkylation sites (tertiary alicyclic amines) is 1. The lowest BCUT2D eigenvalue weighted by Crippen LogP contribution is -2.44. The molecule has 0 saturated carbocycles. The van der Waals surface area contributed by atoms with E-state index in [2.05, 4.69) is 0 Å². The minimum atomic E-state index is -0.880. The number of carbonyl (C=O) groups is 2. The van der Waals surface area contributed by atoms with Gasteiger partial charge < -0.3 is 9.47 Å². The van der Waals surface area contributed by atoms with Crippen LogP contribution in [0.2, 0.25) is 0 Å². The van der Waals surface area contributed by atoms with Gasteiger partial charge in [0, 0.05) is 13.1 Å². The van der Waals surface area contributed by atoms with Gasteiger partial charge in [0.25, 0.3) is 0 Å². The predicted octanol–water partition coefficient (Wildman–Crippen LogP) is 0.308. The van der Waals surface area contributed by atoms with E-state index in [1.165, 1.54) is 0 Å². The normalized spacial score (nSPS) is 20.1. The molecule has 22 heavy (non-hydrogen) atoms. The topological polar surface area (TPSA) is 79.0 Å². The first-order valence-electron chi connectivity index (χ1n) is 7.88. The highest BCUT2D eigenvalue weighted by Gasteiger charge is 2.33. The minimum absolute atomic E-state index is 0.105. The summed E-state index contributed by atoms with van der Waals surface area (Å²) in [4.78, 5) is 26.7. The molecule has 1 fully saturated rings. The van der Waals surface area contributed by atoms with Crippen LogP contribution in [-0.2, 0) is 24.2 Å². The molecule has 127 valence electrons. The molecule has 1 aliphatic heterocycles. The Balaban J connectivity index is 2.38. The molecule has 0 aromatic heterocycles. The van der Waals surface area contributed by atoms with E-state index < -0.39 is 6.10 Å². The predicted molar refractivity (Wildman–Crippen MR) is 79.8 cm³/mol. The Kier molecular flexibility index (Phi) is 8.37. The van der Waals surface area contributed by atoms with E-state index in [9.17, 15) is 14.7 Å². The molecule has 7 nitrogen and oxygen atoms in total. The third-order valence-electron chi connectivity index (χ3n) is 3.58. The van der Waals surface area contributed by atoms with E-state index in [1.807, 2.05) is 4.90 Å². The Morgan fingerprint density at radius 1 is 1.27 bits per heavy atom. The van der Waals surface area contributed by atoms with Gasteiger partial charge in [0.1, 0.15) is 12.1 Å². The lowest BCUT2D eigenvalue weighted by Gasteiger charge is -2.26. The number of ether oxygens (including phenoxy) is 2. The molecule has 1 radical (unpaired) electrons. The minimum Gasteiger partial charge on any atom is -0.465 e. The van der Waals surface area contributed by atoms with Gasteiger partial charge in [0.05, 0.1) is 19.8 Å². The van der Waals surface area contributed by atoms with Crippen LogP contribution in [0.4, 0.5) is 0 Å². The number of carbonyl (C=O) groups excluding carboxylic acids is 2. The summed E-state index contributed by atoms with van der Waals surface area (Å²) < 4.78 is 9.89. The average molecular weight is 315 g/mol. The molecule has 0 aromatic rings.